The lowest BCUT2D eigenvalue weighted by Crippen LogP contribution is -2.30. The fraction of sp³-hybridized carbons (Fsp3) is 0.364. The van der Waals surface area contributed by atoms with Crippen molar-refractivity contribution in [1.82, 2.24) is 18.9 Å². The molecule has 3 rings (SSSR count). The summed E-state index contributed by atoms with van der Waals surface area (Å²) < 4.78 is 28.1. The third kappa shape index (κ3) is 4.49. The molecule has 0 aliphatic rings. The quantitative estimate of drug-likeness (QED) is 0.559. The summed E-state index contributed by atoms with van der Waals surface area (Å²) in [7, 11) is -3.54. The SMILES string of the molecule is CCN(CC)S(=O)(=O)c1ccc(NC(=O)CCc2c(C)nc3c(C#N)cnn3c2C)cc1. The Balaban J connectivity index is 1.69. The molecule has 10 heteroatoms. The number of carbonyl (C=O) groups is 1. The van der Waals surface area contributed by atoms with E-state index in [0.29, 0.717) is 36.4 Å². The second kappa shape index (κ2) is 9.46. The minimum absolute atomic E-state index is 0.193. The number of nitrogens with zero attached hydrogens (tertiary/aromatic N) is 5. The third-order valence-electron chi connectivity index (χ3n) is 5.41. The molecule has 0 bridgehead atoms. The smallest absolute Gasteiger partial charge is 0.243 e. The van der Waals surface area contributed by atoms with Crippen LogP contribution in [0.2, 0.25) is 0 Å². The van der Waals surface area contributed by atoms with Gasteiger partial charge in [0, 0.05) is 36.6 Å². The highest BCUT2D eigenvalue weighted by molar-refractivity contribution is 7.89. The summed E-state index contributed by atoms with van der Waals surface area (Å²) in [6.45, 7) is 8.12. The zero-order valence-electron chi connectivity index (χ0n) is 18.6. The molecule has 0 fully saturated rings. The van der Waals surface area contributed by atoms with E-state index in [1.807, 2.05) is 13.8 Å². The number of fused-ring (bicyclic) bond motifs is 1. The standard InChI is InChI=1S/C22H26N6O3S/c1-5-27(6-2)32(30,31)19-9-7-18(8-10-19)26-21(29)12-11-20-15(3)25-22-17(13-23)14-24-28(22)16(20)4/h7-10,14H,5-6,11-12H2,1-4H3,(H,26,29). The average Bonchev–Trinajstić information content (AvgIpc) is 3.17. The number of aromatic nitrogens is 3. The molecule has 1 amide bonds. The van der Waals surface area contributed by atoms with Crippen molar-refractivity contribution in [2.24, 2.45) is 0 Å². The Labute approximate surface area is 187 Å². The van der Waals surface area contributed by atoms with E-state index in [1.165, 1.54) is 22.6 Å². The van der Waals surface area contributed by atoms with Gasteiger partial charge in [0.25, 0.3) is 0 Å². The summed E-state index contributed by atoms with van der Waals surface area (Å²) in [6.07, 6.45) is 2.17. The summed E-state index contributed by atoms with van der Waals surface area (Å²) in [5, 5.41) is 16.2. The van der Waals surface area contributed by atoms with Gasteiger partial charge in [-0.05, 0) is 50.1 Å². The Kier molecular flexibility index (Phi) is 6.91. The largest absolute Gasteiger partial charge is 0.326 e. The Morgan fingerprint density at radius 2 is 1.84 bits per heavy atom. The van der Waals surface area contributed by atoms with E-state index in [-0.39, 0.29) is 17.2 Å². The molecule has 0 aliphatic heterocycles. The number of benzene rings is 1. The van der Waals surface area contributed by atoms with Crippen LogP contribution in [-0.4, -0.2) is 46.3 Å². The average molecular weight is 455 g/mol. The molecule has 0 saturated carbocycles. The Morgan fingerprint density at radius 3 is 2.44 bits per heavy atom. The zero-order chi connectivity index (χ0) is 23.5. The van der Waals surface area contributed by atoms with Gasteiger partial charge in [0.2, 0.25) is 15.9 Å². The number of nitrogens with one attached hydrogen (secondary N) is 1. The molecule has 32 heavy (non-hydrogen) atoms. The molecule has 0 spiro atoms. The first-order valence-electron chi connectivity index (χ1n) is 10.4. The van der Waals surface area contributed by atoms with E-state index in [2.05, 4.69) is 21.5 Å². The number of hydrogen-bond donors (Lipinski definition) is 1. The van der Waals surface area contributed by atoms with Crippen LogP contribution in [0.3, 0.4) is 0 Å². The van der Waals surface area contributed by atoms with E-state index in [9.17, 15) is 18.5 Å². The Morgan fingerprint density at radius 1 is 1.19 bits per heavy atom. The van der Waals surface area contributed by atoms with Gasteiger partial charge in [-0.25, -0.2) is 17.9 Å². The molecular weight excluding hydrogens is 428 g/mol. The fourth-order valence-corrected chi connectivity index (χ4v) is 5.09. The number of sulfonamides is 1. The Bertz CT molecular complexity index is 1290. The van der Waals surface area contributed by atoms with Crippen molar-refractivity contribution >= 4 is 27.3 Å². The van der Waals surface area contributed by atoms with Crippen molar-refractivity contribution in [3.8, 4) is 6.07 Å². The van der Waals surface area contributed by atoms with E-state index in [1.54, 1.807) is 30.5 Å². The van der Waals surface area contributed by atoms with Crippen LogP contribution in [0.25, 0.3) is 5.65 Å². The molecule has 2 heterocycles. The number of rotatable bonds is 8. The number of hydrogen-bond acceptors (Lipinski definition) is 6. The normalized spacial score (nSPS) is 11.6. The molecule has 0 saturated heterocycles. The monoisotopic (exact) mass is 454 g/mol. The number of carbonyl (C=O) groups excluding carboxylic acids is 1. The predicted molar refractivity (Wildman–Crippen MR) is 121 cm³/mol. The number of nitriles is 1. The van der Waals surface area contributed by atoms with Crippen molar-refractivity contribution in [2.45, 2.75) is 45.4 Å². The first kappa shape index (κ1) is 23.4. The highest BCUT2D eigenvalue weighted by atomic mass is 32.2. The van der Waals surface area contributed by atoms with Crippen LogP contribution in [-0.2, 0) is 21.2 Å². The minimum Gasteiger partial charge on any atom is -0.326 e. The van der Waals surface area contributed by atoms with Gasteiger partial charge in [-0.2, -0.15) is 14.7 Å². The molecule has 1 aromatic carbocycles. The summed E-state index contributed by atoms with van der Waals surface area (Å²) in [5.74, 6) is -0.193. The maximum atomic E-state index is 12.6. The lowest BCUT2D eigenvalue weighted by atomic mass is 10.1. The van der Waals surface area contributed by atoms with Gasteiger partial charge >= 0.3 is 0 Å². The summed E-state index contributed by atoms with van der Waals surface area (Å²) in [4.78, 5) is 17.2. The molecule has 0 radical (unpaired) electrons. The van der Waals surface area contributed by atoms with Crippen LogP contribution in [0.15, 0.2) is 35.4 Å². The number of amides is 1. The first-order valence-corrected chi connectivity index (χ1v) is 11.8. The van der Waals surface area contributed by atoms with Crippen LogP contribution in [0, 0.1) is 25.2 Å². The van der Waals surface area contributed by atoms with Crippen molar-refractivity contribution in [3.63, 3.8) is 0 Å². The lowest BCUT2D eigenvalue weighted by molar-refractivity contribution is -0.116. The fourth-order valence-electron chi connectivity index (χ4n) is 3.64. The lowest BCUT2D eigenvalue weighted by Gasteiger charge is -2.18. The van der Waals surface area contributed by atoms with Gasteiger partial charge in [0.1, 0.15) is 11.6 Å². The second-order valence-electron chi connectivity index (χ2n) is 7.33. The molecular formula is C22H26N6O3S. The third-order valence-corrected chi connectivity index (χ3v) is 7.48. The summed E-state index contributed by atoms with van der Waals surface area (Å²) in [6, 6.07) is 8.25. The van der Waals surface area contributed by atoms with Gasteiger partial charge in [-0.1, -0.05) is 13.8 Å². The molecule has 168 valence electrons. The minimum atomic E-state index is -3.54. The van der Waals surface area contributed by atoms with Crippen LogP contribution < -0.4 is 5.32 Å². The van der Waals surface area contributed by atoms with Gasteiger partial charge in [0.15, 0.2) is 5.65 Å². The topological polar surface area (TPSA) is 120 Å². The zero-order valence-corrected chi connectivity index (χ0v) is 19.4. The van der Waals surface area contributed by atoms with E-state index < -0.39 is 10.0 Å². The van der Waals surface area contributed by atoms with Crippen LogP contribution in [0.1, 0.15) is 42.8 Å². The van der Waals surface area contributed by atoms with Crippen LogP contribution >= 0.6 is 0 Å². The second-order valence-corrected chi connectivity index (χ2v) is 9.27. The highest BCUT2D eigenvalue weighted by Gasteiger charge is 2.21. The van der Waals surface area contributed by atoms with Crippen molar-refractivity contribution in [2.75, 3.05) is 18.4 Å². The van der Waals surface area contributed by atoms with Crippen molar-refractivity contribution in [1.29, 1.82) is 5.26 Å². The predicted octanol–water partition coefficient (Wildman–Crippen LogP) is 2.82. The molecule has 2 aromatic heterocycles. The van der Waals surface area contributed by atoms with Crippen LogP contribution in [0.5, 0.6) is 0 Å². The van der Waals surface area contributed by atoms with E-state index in [0.717, 1.165) is 17.0 Å². The maximum absolute atomic E-state index is 12.6. The van der Waals surface area contributed by atoms with Crippen molar-refractivity contribution in [3.05, 3.63) is 53.0 Å². The number of aryl methyl sites for hydroxylation is 2. The highest BCUT2D eigenvalue weighted by Crippen LogP contribution is 2.20. The molecule has 1 N–H and O–H groups in total. The maximum Gasteiger partial charge on any atom is 0.243 e. The first-order chi connectivity index (χ1) is 15.2. The summed E-state index contributed by atoms with van der Waals surface area (Å²) >= 11 is 0. The van der Waals surface area contributed by atoms with Gasteiger partial charge in [0.05, 0.1) is 11.1 Å². The summed E-state index contributed by atoms with van der Waals surface area (Å²) in [5.41, 5.74) is 3.95. The van der Waals surface area contributed by atoms with Crippen LogP contribution in [0.4, 0.5) is 5.69 Å². The van der Waals surface area contributed by atoms with E-state index >= 15 is 0 Å². The molecule has 9 nitrogen and oxygen atoms in total. The molecule has 3 aromatic rings. The molecule has 0 atom stereocenters. The van der Waals surface area contributed by atoms with Gasteiger partial charge in [-0.15, -0.1) is 0 Å². The van der Waals surface area contributed by atoms with Crippen molar-refractivity contribution < 1.29 is 13.2 Å². The molecule has 0 unspecified atom stereocenters. The van der Waals surface area contributed by atoms with Gasteiger partial charge < -0.3 is 5.32 Å². The van der Waals surface area contributed by atoms with Gasteiger partial charge in [-0.3, -0.25) is 4.79 Å². The van der Waals surface area contributed by atoms with E-state index in [4.69, 9.17) is 0 Å². The molecule has 0 aliphatic carbocycles. The number of anilines is 1. The Hall–Kier alpha value is -3.29.